The number of hydrogen-bond acceptors (Lipinski definition) is 10. The van der Waals surface area contributed by atoms with E-state index < -0.39 is 37.7 Å². The highest BCUT2D eigenvalue weighted by Gasteiger charge is 2.60. The fraction of sp³-hybridized carbons (Fsp3) is 0.737. The van der Waals surface area contributed by atoms with Gasteiger partial charge in [0.2, 0.25) is 5.91 Å². The Kier molecular flexibility index (Phi) is 7.35. The number of ketones is 1. The summed E-state index contributed by atoms with van der Waals surface area (Å²) < 4.78 is 40.1. The van der Waals surface area contributed by atoms with Crippen LogP contribution in [0.2, 0.25) is 0 Å². The van der Waals surface area contributed by atoms with Crippen molar-refractivity contribution in [2.45, 2.75) is 76.5 Å². The summed E-state index contributed by atoms with van der Waals surface area (Å²) in [6, 6.07) is 0. The van der Waals surface area contributed by atoms with Gasteiger partial charge in [-0.15, -0.1) is 0 Å². The second-order valence-electron chi connectivity index (χ2n) is 8.25. The Morgan fingerprint density at radius 1 is 1.39 bits per heavy atom. The van der Waals surface area contributed by atoms with E-state index in [9.17, 15) is 18.9 Å². The van der Waals surface area contributed by atoms with Crippen molar-refractivity contribution in [3.05, 3.63) is 12.3 Å². The van der Waals surface area contributed by atoms with Crippen LogP contribution in [0.5, 0.6) is 0 Å². The maximum absolute atomic E-state index is 12.9. The van der Waals surface area contributed by atoms with Crippen LogP contribution < -0.4 is 5.73 Å². The molecule has 0 bridgehead atoms. The summed E-state index contributed by atoms with van der Waals surface area (Å²) in [4.78, 5) is 36.5. The van der Waals surface area contributed by atoms with Crippen molar-refractivity contribution in [1.29, 1.82) is 0 Å². The summed E-state index contributed by atoms with van der Waals surface area (Å²) in [6.45, 7) is 5.14. The lowest BCUT2D eigenvalue weighted by molar-refractivity contribution is -0.148. The number of carbonyl (C=O) groups is 3. The molecule has 2 saturated heterocycles. The third kappa shape index (κ3) is 5.60. The molecule has 0 aliphatic carbocycles. The number of fused-ring (bicyclic) bond motifs is 1. The number of phosphoric ester groups is 1. The van der Waals surface area contributed by atoms with E-state index in [2.05, 4.69) is 0 Å². The van der Waals surface area contributed by atoms with Crippen molar-refractivity contribution in [3.63, 3.8) is 0 Å². The van der Waals surface area contributed by atoms with Crippen LogP contribution in [0.1, 0.15) is 46.5 Å². The smallest absolute Gasteiger partial charge is 0.463 e. The maximum Gasteiger partial charge on any atom is 0.475 e. The Labute approximate surface area is 180 Å². The minimum Gasteiger partial charge on any atom is -0.463 e. The van der Waals surface area contributed by atoms with E-state index in [1.54, 1.807) is 20.8 Å². The summed E-state index contributed by atoms with van der Waals surface area (Å²) in [6.07, 6.45) is 0.940. The Morgan fingerprint density at radius 3 is 2.81 bits per heavy atom. The lowest BCUT2D eigenvalue weighted by atomic mass is 9.92. The van der Waals surface area contributed by atoms with Crippen LogP contribution in [0.3, 0.4) is 0 Å². The molecule has 3 heterocycles. The molecule has 3 rings (SSSR count). The molecule has 0 saturated carbocycles. The van der Waals surface area contributed by atoms with Gasteiger partial charge in [-0.1, -0.05) is 0 Å². The lowest BCUT2D eigenvalue weighted by Crippen LogP contribution is -2.60. The molecule has 0 unspecified atom stereocenters. The van der Waals surface area contributed by atoms with E-state index in [0.29, 0.717) is 12.8 Å². The molecule has 0 radical (unpaired) electrons. The maximum atomic E-state index is 12.9. The standard InChI is InChI=1S/C19H29N2O9P/c1-12(2)28-16(24)6-4-5-9-26-31(25)27-11-14-17(30-31)19(3,20)18(29-14)21-8-7-13(22)10-15(21)23/h7-8,12,14,17-18H,4-6,9-11,20H2,1-3H3/t14-,17-,18-,19-,31+/m1/s1. The first-order valence-electron chi connectivity index (χ1n) is 10.3. The number of carbonyl (C=O) groups excluding carboxylic acids is 3. The zero-order chi connectivity index (χ0) is 22.8. The number of nitrogens with two attached hydrogens (primary N) is 1. The van der Waals surface area contributed by atoms with E-state index in [4.69, 9.17) is 28.8 Å². The van der Waals surface area contributed by atoms with E-state index in [0.717, 1.165) is 0 Å². The molecule has 0 spiro atoms. The fourth-order valence-electron chi connectivity index (χ4n) is 3.62. The monoisotopic (exact) mass is 460 g/mol. The number of unbranched alkanes of at least 4 members (excludes halogenated alkanes) is 1. The van der Waals surface area contributed by atoms with Crippen LogP contribution in [0, 0.1) is 0 Å². The Bertz CT molecular complexity index is 797. The molecule has 2 fully saturated rings. The molecule has 3 aliphatic rings. The number of ether oxygens (including phenoxy) is 2. The predicted octanol–water partition coefficient (Wildman–Crippen LogP) is 1.41. The van der Waals surface area contributed by atoms with Gasteiger partial charge in [0.1, 0.15) is 12.2 Å². The number of amides is 1. The van der Waals surface area contributed by atoms with Crippen LogP contribution >= 0.6 is 7.82 Å². The second kappa shape index (κ2) is 9.48. The molecular weight excluding hydrogens is 431 g/mol. The third-order valence-electron chi connectivity index (χ3n) is 5.11. The van der Waals surface area contributed by atoms with Crippen LogP contribution in [-0.2, 0) is 42.0 Å². The lowest BCUT2D eigenvalue weighted by Gasteiger charge is -2.38. The quantitative estimate of drug-likeness (QED) is 0.244. The molecule has 5 atom stereocenters. The van der Waals surface area contributed by atoms with E-state index in [1.807, 2.05) is 0 Å². The van der Waals surface area contributed by atoms with Gasteiger partial charge in [-0.25, -0.2) is 4.57 Å². The summed E-state index contributed by atoms with van der Waals surface area (Å²) in [5, 5.41) is 0. The highest BCUT2D eigenvalue weighted by atomic mass is 31.2. The molecule has 0 aromatic carbocycles. The first-order chi connectivity index (χ1) is 14.5. The fourth-order valence-corrected chi connectivity index (χ4v) is 5.14. The number of phosphoric acid groups is 1. The van der Waals surface area contributed by atoms with Gasteiger partial charge in [-0.3, -0.25) is 32.9 Å². The summed E-state index contributed by atoms with van der Waals surface area (Å²) in [5.74, 6) is -1.04. The van der Waals surface area contributed by atoms with Crippen molar-refractivity contribution in [1.82, 2.24) is 4.90 Å². The molecule has 3 aliphatic heterocycles. The van der Waals surface area contributed by atoms with Crippen molar-refractivity contribution >= 4 is 25.5 Å². The van der Waals surface area contributed by atoms with Crippen molar-refractivity contribution in [2.24, 2.45) is 5.73 Å². The Hall–Kier alpha value is -1.62. The number of allylic oxidation sites excluding steroid dienone is 1. The van der Waals surface area contributed by atoms with Gasteiger partial charge in [0.05, 0.1) is 31.3 Å². The largest absolute Gasteiger partial charge is 0.475 e. The van der Waals surface area contributed by atoms with Crippen LogP contribution in [0.4, 0.5) is 0 Å². The van der Waals surface area contributed by atoms with Crippen LogP contribution in [0.15, 0.2) is 12.3 Å². The number of hydrogen-bond donors (Lipinski definition) is 1. The summed E-state index contributed by atoms with van der Waals surface area (Å²) in [7, 11) is -3.89. The number of rotatable bonds is 8. The second-order valence-corrected chi connectivity index (χ2v) is 9.87. The Morgan fingerprint density at radius 2 is 2.13 bits per heavy atom. The first kappa shape index (κ1) is 24.0. The SMILES string of the molecule is CC(C)OC(=O)CCCCO[P@@]1(=O)OC[C@H]2O[C@@H](N3C=CC(=O)CC3=O)[C@](C)(N)[C@@H]2O1. The van der Waals surface area contributed by atoms with Gasteiger partial charge < -0.3 is 15.2 Å². The minimum absolute atomic E-state index is 0.0602. The molecule has 11 nitrogen and oxygen atoms in total. The molecule has 31 heavy (non-hydrogen) atoms. The zero-order valence-electron chi connectivity index (χ0n) is 17.9. The zero-order valence-corrected chi connectivity index (χ0v) is 18.7. The van der Waals surface area contributed by atoms with Crippen molar-refractivity contribution < 1.29 is 42.0 Å². The number of nitrogens with zero attached hydrogens (tertiary/aromatic N) is 1. The molecule has 0 aromatic rings. The number of esters is 1. The third-order valence-corrected chi connectivity index (χ3v) is 6.55. The summed E-state index contributed by atoms with van der Waals surface area (Å²) >= 11 is 0. The van der Waals surface area contributed by atoms with Gasteiger partial charge in [0.25, 0.3) is 0 Å². The van der Waals surface area contributed by atoms with E-state index in [-0.39, 0.29) is 43.9 Å². The first-order valence-corrected chi connectivity index (χ1v) is 11.7. The van der Waals surface area contributed by atoms with Gasteiger partial charge in [-0.05, 0) is 39.7 Å². The van der Waals surface area contributed by atoms with Gasteiger partial charge in [0, 0.05) is 12.6 Å². The van der Waals surface area contributed by atoms with Gasteiger partial charge in [0.15, 0.2) is 12.0 Å². The normalized spacial score (nSPS) is 35.5. The average Bonchev–Trinajstić information content (AvgIpc) is 2.91. The average molecular weight is 460 g/mol. The molecule has 1 amide bonds. The van der Waals surface area contributed by atoms with Gasteiger partial charge >= 0.3 is 13.8 Å². The highest BCUT2D eigenvalue weighted by molar-refractivity contribution is 7.48. The summed E-state index contributed by atoms with van der Waals surface area (Å²) in [5.41, 5.74) is 5.20. The molecule has 0 aromatic heterocycles. The minimum atomic E-state index is -3.89. The van der Waals surface area contributed by atoms with Crippen LogP contribution in [0.25, 0.3) is 0 Å². The molecule has 2 N–H and O–H groups in total. The van der Waals surface area contributed by atoms with E-state index >= 15 is 0 Å². The van der Waals surface area contributed by atoms with Crippen molar-refractivity contribution in [3.8, 4) is 0 Å². The van der Waals surface area contributed by atoms with Crippen LogP contribution in [-0.4, -0.2) is 65.9 Å². The van der Waals surface area contributed by atoms with E-state index in [1.165, 1.54) is 17.2 Å². The topological polar surface area (TPSA) is 144 Å². The molecule has 12 heteroatoms. The molecular formula is C19H29N2O9P. The van der Waals surface area contributed by atoms with Crippen molar-refractivity contribution in [2.75, 3.05) is 13.2 Å². The molecule has 174 valence electrons. The predicted molar refractivity (Wildman–Crippen MR) is 106 cm³/mol. The van der Waals surface area contributed by atoms with Gasteiger partial charge in [-0.2, -0.15) is 0 Å². The highest BCUT2D eigenvalue weighted by Crippen LogP contribution is 2.57. The Balaban J connectivity index is 1.54.